The van der Waals surface area contributed by atoms with Gasteiger partial charge in [0.25, 0.3) is 5.91 Å². The van der Waals surface area contributed by atoms with Crippen LogP contribution in [-0.4, -0.2) is 23.0 Å². The average molecular weight is 278 g/mol. The van der Waals surface area contributed by atoms with E-state index in [9.17, 15) is 4.79 Å². The first-order chi connectivity index (χ1) is 7.48. The number of hydrogen-bond acceptors (Lipinski definition) is 4. The Morgan fingerprint density at radius 3 is 2.76 bits per heavy atom. The number of nitrogens with one attached hydrogen (secondary N) is 1. The largest absolute Gasteiger partial charge is 0.346 e. The minimum Gasteiger partial charge on any atom is -0.346 e. The van der Waals surface area contributed by atoms with Gasteiger partial charge in [-0.3, -0.25) is 4.79 Å². The number of nitrogens with zero attached hydrogens (tertiary/aromatic N) is 1. The van der Waals surface area contributed by atoms with Crippen LogP contribution in [0.15, 0.2) is 5.38 Å². The summed E-state index contributed by atoms with van der Waals surface area (Å²) in [7, 11) is 0. The normalized spacial score (nSPS) is 10.8. The molecule has 0 aromatic carbocycles. The molecule has 0 atom stereocenters. The highest BCUT2D eigenvalue weighted by atomic mass is 35.5. The maximum absolute atomic E-state index is 11.8. The zero-order valence-electron chi connectivity index (χ0n) is 10.4. The number of carbonyl (C=O) groups excluding carboxylic acids is 1. The van der Waals surface area contributed by atoms with E-state index in [1.165, 1.54) is 11.3 Å². The molecule has 1 amide bonds. The molecule has 3 N–H and O–H groups in total. The van der Waals surface area contributed by atoms with E-state index >= 15 is 0 Å². The van der Waals surface area contributed by atoms with Gasteiger partial charge in [-0.05, 0) is 26.8 Å². The van der Waals surface area contributed by atoms with Crippen molar-refractivity contribution in [1.82, 2.24) is 10.3 Å². The number of aromatic nitrogens is 1. The van der Waals surface area contributed by atoms with Crippen LogP contribution in [0.25, 0.3) is 0 Å². The third-order valence-corrected chi connectivity index (χ3v) is 3.39. The standard InChI is InChI=1S/C11H19N3OS.ClH/c1-4-11(2,3)14-10(15)8-7-16-9(13-8)5-6-12;/h7H,4-6,12H2,1-3H3,(H,14,15);1H. The van der Waals surface area contributed by atoms with Crippen molar-refractivity contribution in [1.29, 1.82) is 0 Å². The quantitative estimate of drug-likeness (QED) is 0.865. The van der Waals surface area contributed by atoms with Crippen molar-refractivity contribution in [2.24, 2.45) is 5.73 Å². The fourth-order valence-electron chi connectivity index (χ4n) is 1.11. The van der Waals surface area contributed by atoms with Gasteiger partial charge in [0, 0.05) is 17.3 Å². The molecule has 1 aromatic rings. The van der Waals surface area contributed by atoms with Gasteiger partial charge in [0.1, 0.15) is 5.69 Å². The van der Waals surface area contributed by atoms with Crippen LogP contribution >= 0.6 is 23.7 Å². The summed E-state index contributed by atoms with van der Waals surface area (Å²) in [4.78, 5) is 16.1. The molecule has 0 radical (unpaired) electrons. The van der Waals surface area contributed by atoms with Gasteiger partial charge in [0.15, 0.2) is 0 Å². The highest BCUT2D eigenvalue weighted by Gasteiger charge is 2.20. The molecular weight excluding hydrogens is 258 g/mol. The Labute approximate surface area is 112 Å². The fourth-order valence-corrected chi connectivity index (χ4v) is 1.91. The molecule has 4 nitrogen and oxygen atoms in total. The summed E-state index contributed by atoms with van der Waals surface area (Å²) >= 11 is 1.48. The zero-order chi connectivity index (χ0) is 12.2. The Morgan fingerprint density at radius 2 is 2.24 bits per heavy atom. The van der Waals surface area contributed by atoms with Crippen molar-refractivity contribution in [3.63, 3.8) is 0 Å². The van der Waals surface area contributed by atoms with E-state index in [1.54, 1.807) is 5.38 Å². The van der Waals surface area contributed by atoms with Gasteiger partial charge in [-0.15, -0.1) is 23.7 Å². The summed E-state index contributed by atoms with van der Waals surface area (Å²) in [5.41, 5.74) is 5.74. The molecule has 98 valence electrons. The minimum absolute atomic E-state index is 0. The maximum atomic E-state index is 11.8. The molecule has 0 unspecified atom stereocenters. The lowest BCUT2D eigenvalue weighted by Gasteiger charge is -2.23. The summed E-state index contributed by atoms with van der Waals surface area (Å²) in [6.07, 6.45) is 1.62. The van der Waals surface area contributed by atoms with Crippen molar-refractivity contribution < 1.29 is 4.79 Å². The van der Waals surface area contributed by atoms with Crippen molar-refractivity contribution in [3.8, 4) is 0 Å². The SMILES string of the molecule is CCC(C)(C)NC(=O)c1csc(CCN)n1.Cl. The Morgan fingerprint density at radius 1 is 1.59 bits per heavy atom. The zero-order valence-corrected chi connectivity index (χ0v) is 12.1. The van der Waals surface area contributed by atoms with E-state index in [2.05, 4.69) is 10.3 Å². The van der Waals surface area contributed by atoms with Gasteiger partial charge < -0.3 is 11.1 Å². The molecule has 0 saturated heterocycles. The van der Waals surface area contributed by atoms with Gasteiger partial charge in [-0.25, -0.2) is 4.98 Å². The van der Waals surface area contributed by atoms with Gasteiger partial charge in [-0.2, -0.15) is 0 Å². The number of thiazole rings is 1. The van der Waals surface area contributed by atoms with Crippen molar-refractivity contribution in [2.75, 3.05) is 6.54 Å². The highest BCUT2D eigenvalue weighted by molar-refractivity contribution is 7.09. The molecule has 0 fully saturated rings. The molecule has 1 rings (SSSR count). The first-order valence-corrected chi connectivity index (χ1v) is 6.33. The lowest BCUT2D eigenvalue weighted by atomic mass is 10.0. The summed E-state index contributed by atoms with van der Waals surface area (Å²) in [6.45, 7) is 6.60. The van der Waals surface area contributed by atoms with Gasteiger partial charge in [0.05, 0.1) is 5.01 Å². The number of halogens is 1. The topological polar surface area (TPSA) is 68.0 Å². The molecule has 0 aliphatic heterocycles. The number of carbonyl (C=O) groups is 1. The van der Waals surface area contributed by atoms with Gasteiger partial charge in [0.2, 0.25) is 0 Å². The van der Waals surface area contributed by atoms with Crippen LogP contribution in [0.4, 0.5) is 0 Å². The summed E-state index contributed by atoms with van der Waals surface area (Å²) in [6, 6.07) is 0. The highest BCUT2D eigenvalue weighted by Crippen LogP contribution is 2.12. The molecule has 0 aliphatic carbocycles. The van der Waals surface area contributed by atoms with E-state index in [4.69, 9.17) is 5.73 Å². The third kappa shape index (κ3) is 5.02. The molecular formula is C11H20ClN3OS. The summed E-state index contributed by atoms with van der Waals surface area (Å²) in [5.74, 6) is -0.105. The van der Waals surface area contributed by atoms with Crippen molar-refractivity contribution in [3.05, 3.63) is 16.1 Å². The summed E-state index contributed by atoms with van der Waals surface area (Å²) < 4.78 is 0. The molecule has 0 spiro atoms. The average Bonchev–Trinajstić information content (AvgIpc) is 2.66. The van der Waals surface area contributed by atoms with Crippen LogP contribution < -0.4 is 11.1 Å². The fraction of sp³-hybridized carbons (Fsp3) is 0.636. The summed E-state index contributed by atoms with van der Waals surface area (Å²) in [5, 5.41) is 5.65. The maximum Gasteiger partial charge on any atom is 0.271 e. The second-order valence-corrected chi connectivity index (χ2v) is 5.30. The molecule has 1 heterocycles. The van der Waals surface area contributed by atoms with Crippen LogP contribution in [0.5, 0.6) is 0 Å². The van der Waals surface area contributed by atoms with E-state index < -0.39 is 0 Å². The first kappa shape index (κ1) is 16.4. The Kier molecular flexibility index (Phi) is 6.67. The molecule has 1 aromatic heterocycles. The molecule has 0 aliphatic rings. The van der Waals surface area contributed by atoms with E-state index in [1.807, 2.05) is 20.8 Å². The van der Waals surface area contributed by atoms with Crippen LogP contribution in [0.2, 0.25) is 0 Å². The third-order valence-electron chi connectivity index (χ3n) is 2.48. The van der Waals surface area contributed by atoms with Crippen molar-refractivity contribution >= 4 is 29.7 Å². The monoisotopic (exact) mass is 277 g/mol. The van der Waals surface area contributed by atoms with Crippen LogP contribution in [0.1, 0.15) is 42.7 Å². The molecule has 0 saturated carbocycles. The van der Waals surface area contributed by atoms with Crippen LogP contribution in [0.3, 0.4) is 0 Å². The van der Waals surface area contributed by atoms with Gasteiger partial charge in [-0.1, -0.05) is 6.92 Å². The Balaban J connectivity index is 0.00000256. The number of rotatable bonds is 5. The lowest BCUT2D eigenvalue weighted by Crippen LogP contribution is -2.42. The number of nitrogens with two attached hydrogens (primary N) is 1. The minimum atomic E-state index is -0.186. The lowest BCUT2D eigenvalue weighted by molar-refractivity contribution is 0.0906. The second-order valence-electron chi connectivity index (χ2n) is 4.36. The van der Waals surface area contributed by atoms with Crippen molar-refractivity contribution in [2.45, 2.75) is 39.2 Å². The number of amides is 1. The van der Waals surface area contributed by atoms with Gasteiger partial charge >= 0.3 is 0 Å². The molecule has 0 bridgehead atoms. The number of hydrogen-bond donors (Lipinski definition) is 2. The van der Waals surface area contributed by atoms with Crippen LogP contribution in [0, 0.1) is 0 Å². The Hall–Kier alpha value is -0.650. The molecule has 6 heteroatoms. The Bertz CT molecular complexity index is 365. The van der Waals surface area contributed by atoms with Crippen LogP contribution in [-0.2, 0) is 6.42 Å². The van der Waals surface area contributed by atoms with E-state index in [-0.39, 0.29) is 23.9 Å². The molecule has 17 heavy (non-hydrogen) atoms. The van der Waals surface area contributed by atoms with E-state index in [0.717, 1.165) is 17.8 Å². The first-order valence-electron chi connectivity index (χ1n) is 5.45. The second kappa shape index (κ2) is 6.93. The van der Waals surface area contributed by atoms with E-state index in [0.29, 0.717) is 12.2 Å². The predicted molar refractivity (Wildman–Crippen MR) is 74.0 cm³/mol. The smallest absolute Gasteiger partial charge is 0.271 e. The predicted octanol–water partition coefficient (Wildman–Crippen LogP) is 1.98.